The van der Waals surface area contributed by atoms with Crippen LogP contribution in [0.3, 0.4) is 0 Å². The first kappa shape index (κ1) is 10.3. The second-order valence-corrected chi connectivity index (χ2v) is 4.79. The minimum absolute atomic E-state index is 0.536. The lowest BCUT2D eigenvalue weighted by Gasteiger charge is -2.02. The highest BCUT2D eigenvalue weighted by Crippen LogP contribution is 2.34. The van der Waals surface area contributed by atoms with Crippen LogP contribution in [-0.2, 0) is 12.3 Å². The summed E-state index contributed by atoms with van der Waals surface area (Å²) in [6, 6.07) is 4.23. The van der Waals surface area contributed by atoms with Crippen LogP contribution in [0.1, 0.15) is 18.1 Å². The van der Waals surface area contributed by atoms with Crippen LogP contribution in [0.25, 0.3) is 10.1 Å². The first-order valence-electron chi connectivity index (χ1n) is 4.54. The number of benzene rings is 1. The second kappa shape index (κ2) is 4.13. The maximum Gasteiger partial charge on any atom is 0.0485 e. The molecule has 0 unspecified atom stereocenters. The van der Waals surface area contributed by atoms with Crippen molar-refractivity contribution in [3.05, 3.63) is 28.6 Å². The van der Waals surface area contributed by atoms with E-state index in [-0.39, 0.29) is 0 Å². The quantitative estimate of drug-likeness (QED) is 0.582. The van der Waals surface area contributed by atoms with Crippen molar-refractivity contribution in [2.24, 2.45) is 0 Å². The van der Waals surface area contributed by atoms with E-state index in [1.54, 1.807) is 11.3 Å². The van der Waals surface area contributed by atoms with Crippen molar-refractivity contribution in [3.8, 4) is 0 Å². The fourth-order valence-corrected chi connectivity index (χ4v) is 3.43. The Balaban J connectivity index is 2.72. The summed E-state index contributed by atoms with van der Waals surface area (Å²) in [6.07, 6.45) is 1.08. The molecule has 1 aromatic carbocycles. The summed E-state index contributed by atoms with van der Waals surface area (Å²) in [7, 11) is 0. The predicted octanol–water partition coefficient (Wildman–Crippen LogP) is 4.49. The maximum absolute atomic E-state index is 5.83. The van der Waals surface area contributed by atoms with Gasteiger partial charge in [-0.15, -0.1) is 35.6 Å². The number of thiol groups is 1. The molecule has 0 aliphatic heterocycles. The number of thiophene rings is 1. The number of alkyl halides is 1. The maximum atomic E-state index is 5.83. The van der Waals surface area contributed by atoms with Crippen LogP contribution in [-0.4, -0.2) is 0 Å². The lowest BCUT2D eigenvalue weighted by Crippen LogP contribution is -1.82. The Morgan fingerprint density at radius 1 is 1.36 bits per heavy atom. The summed E-state index contributed by atoms with van der Waals surface area (Å²) >= 11 is 12.1. The summed E-state index contributed by atoms with van der Waals surface area (Å²) in [4.78, 5) is 1.04. The third-order valence-electron chi connectivity index (χ3n) is 2.40. The molecular weight excluding hydrogens is 232 g/mol. The van der Waals surface area contributed by atoms with Gasteiger partial charge in [-0.2, -0.15) is 0 Å². The number of aryl methyl sites for hydroxylation is 1. The number of hydrogen-bond acceptors (Lipinski definition) is 2. The monoisotopic (exact) mass is 242 g/mol. The predicted molar refractivity (Wildman–Crippen MR) is 68.0 cm³/mol. The molecule has 0 N–H and O–H groups in total. The van der Waals surface area contributed by atoms with Crippen LogP contribution in [0.15, 0.2) is 22.4 Å². The Kier molecular flexibility index (Phi) is 3.05. The van der Waals surface area contributed by atoms with Gasteiger partial charge in [0.05, 0.1) is 0 Å². The van der Waals surface area contributed by atoms with Crippen molar-refractivity contribution in [1.82, 2.24) is 0 Å². The molecule has 14 heavy (non-hydrogen) atoms. The molecule has 3 heteroatoms. The van der Waals surface area contributed by atoms with Crippen LogP contribution >= 0.6 is 35.6 Å². The van der Waals surface area contributed by atoms with Crippen LogP contribution in [0.2, 0.25) is 0 Å². The average molecular weight is 243 g/mol. The van der Waals surface area contributed by atoms with Gasteiger partial charge in [0, 0.05) is 15.5 Å². The zero-order valence-electron chi connectivity index (χ0n) is 7.88. The van der Waals surface area contributed by atoms with Crippen molar-refractivity contribution in [1.29, 1.82) is 0 Å². The third kappa shape index (κ3) is 1.56. The van der Waals surface area contributed by atoms with Gasteiger partial charge in [-0.25, -0.2) is 0 Å². The number of rotatable bonds is 2. The summed E-state index contributed by atoms with van der Waals surface area (Å²) in [6.45, 7) is 2.18. The zero-order chi connectivity index (χ0) is 10.1. The van der Waals surface area contributed by atoms with E-state index in [0.717, 1.165) is 16.9 Å². The molecule has 0 saturated carbocycles. The highest BCUT2D eigenvalue weighted by atomic mass is 35.5. The Labute approximate surface area is 98.3 Å². The topological polar surface area (TPSA) is 0 Å². The molecule has 0 atom stereocenters. The van der Waals surface area contributed by atoms with E-state index in [1.165, 1.54) is 15.6 Å². The van der Waals surface area contributed by atoms with Gasteiger partial charge in [0.2, 0.25) is 0 Å². The molecule has 0 aliphatic rings. The zero-order valence-corrected chi connectivity index (χ0v) is 10.3. The summed E-state index contributed by atoms with van der Waals surface area (Å²) in [5.41, 5.74) is 2.52. The summed E-state index contributed by atoms with van der Waals surface area (Å²) in [5.74, 6) is 0.536. The lowest BCUT2D eigenvalue weighted by molar-refractivity contribution is 1.17. The van der Waals surface area contributed by atoms with E-state index in [4.69, 9.17) is 11.6 Å². The van der Waals surface area contributed by atoms with E-state index in [9.17, 15) is 0 Å². The minimum Gasteiger partial charge on any atom is -0.142 e. The molecule has 1 heterocycles. The van der Waals surface area contributed by atoms with Gasteiger partial charge in [0.15, 0.2) is 0 Å². The normalized spacial score (nSPS) is 11.1. The largest absolute Gasteiger partial charge is 0.142 e. The number of hydrogen-bond donors (Lipinski definition) is 1. The van der Waals surface area contributed by atoms with Crippen molar-refractivity contribution in [3.63, 3.8) is 0 Å². The van der Waals surface area contributed by atoms with Crippen LogP contribution in [0.4, 0.5) is 0 Å². The lowest BCUT2D eigenvalue weighted by atomic mass is 10.1. The van der Waals surface area contributed by atoms with E-state index in [2.05, 4.69) is 37.1 Å². The minimum atomic E-state index is 0.536. The Morgan fingerprint density at radius 2 is 2.14 bits per heavy atom. The van der Waals surface area contributed by atoms with E-state index < -0.39 is 0 Å². The van der Waals surface area contributed by atoms with Crippen molar-refractivity contribution in [2.45, 2.75) is 24.1 Å². The Bertz CT molecular complexity index is 460. The molecule has 0 fully saturated rings. The Hall–Kier alpha value is -0.180. The van der Waals surface area contributed by atoms with Crippen LogP contribution in [0, 0.1) is 0 Å². The van der Waals surface area contributed by atoms with Gasteiger partial charge in [0.1, 0.15) is 0 Å². The fourth-order valence-electron chi connectivity index (χ4n) is 1.56. The van der Waals surface area contributed by atoms with E-state index in [1.807, 2.05) is 0 Å². The molecule has 0 aliphatic carbocycles. The molecule has 74 valence electrons. The number of halogens is 1. The molecule has 0 bridgehead atoms. The van der Waals surface area contributed by atoms with Gasteiger partial charge in [-0.1, -0.05) is 19.1 Å². The highest BCUT2D eigenvalue weighted by molar-refractivity contribution is 7.80. The molecular formula is C11H11ClS2. The average Bonchev–Trinajstić information content (AvgIpc) is 2.62. The van der Waals surface area contributed by atoms with Crippen molar-refractivity contribution < 1.29 is 0 Å². The third-order valence-corrected chi connectivity index (χ3v) is 4.42. The van der Waals surface area contributed by atoms with Crippen molar-refractivity contribution >= 4 is 45.7 Å². The molecule has 0 nitrogen and oxygen atoms in total. The smallest absolute Gasteiger partial charge is 0.0485 e. The van der Waals surface area contributed by atoms with Crippen molar-refractivity contribution in [2.75, 3.05) is 0 Å². The molecule has 1 aromatic heterocycles. The first-order chi connectivity index (χ1) is 6.77. The van der Waals surface area contributed by atoms with E-state index in [0.29, 0.717) is 5.88 Å². The standard InChI is InChI=1S/C11H11ClS2/c1-2-7-6-14-11-9(7)4-3-8(5-12)10(11)13/h3-4,6,13H,2,5H2,1H3. The Morgan fingerprint density at radius 3 is 2.79 bits per heavy atom. The van der Waals surface area contributed by atoms with Gasteiger partial charge in [-0.3, -0.25) is 0 Å². The van der Waals surface area contributed by atoms with Crippen LogP contribution in [0.5, 0.6) is 0 Å². The second-order valence-electron chi connectivity index (χ2n) is 3.20. The van der Waals surface area contributed by atoms with Gasteiger partial charge in [-0.05, 0) is 28.3 Å². The fraction of sp³-hybridized carbons (Fsp3) is 0.273. The molecule has 2 rings (SSSR count). The van der Waals surface area contributed by atoms with Gasteiger partial charge >= 0.3 is 0 Å². The SMILES string of the molecule is CCc1csc2c(S)c(CCl)ccc12. The van der Waals surface area contributed by atoms with Gasteiger partial charge in [0.25, 0.3) is 0 Å². The van der Waals surface area contributed by atoms with Crippen LogP contribution < -0.4 is 0 Å². The molecule has 0 saturated heterocycles. The number of fused-ring (bicyclic) bond motifs is 1. The first-order valence-corrected chi connectivity index (χ1v) is 6.41. The highest BCUT2D eigenvalue weighted by Gasteiger charge is 2.08. The van der Waals surface area contributed by atoms with E-state index >= 15 is 0 Å². The summed E-state index contributed by atoms with van der Waals surface area (Å²) in [5, 5.41) is 3.54. The molecule has 2 aromatic rings. The molecule has 0 radical (unpaired) electrons. The summed E-state index contributed by atoms with van der Waals surface area (Å²) < 4.78 is 1.27. The molecule has 0 spiro atoms. The molecule has 0 amide bonds. The van der Waals surface area contributed by atoms with Gasteiger partial charge < -0.3 is 0 Å².